The van der Waals surface area contributed by atoms with Gasteiger partial charge in [-0.15, -0.1) is 0 Å². The normalized spacial score (nSPS) is 21.7. The molecule has 0 spiro atoms. The summed E-state index contributed by atoms with van der Waals surface area (Å²) in [5, 5.41) is 15.9. The Kier molecular flexibility index (Phi) is 7.47. The number of aliphatic hydroxyl groups is 1. The molecule has 3 heterocycles. The van der Waals surface area contributed by atoms with E-state index >= 15 is 0 Å². The number of nitrogens with zero attached hydrogens (tertiary/aromatic N) is 2. The molecule has 5 rings (SSSR count). The van der Waals surface area contributed by atoms with Crippen molar-refractivity contribution in [1.29, 1.82) is 0 Å². The van der Waals surface area contributed by atoms with Crippen LogP contribution in [0.25, 0.3) is 10.9 Å². The zero-order valence-electron chi connectivity index (χ0n) is 20.1. The number of β-amino-alcohol motifs (C(OH)–C–C–N with tert-alkyl or cyclic N) is 1. The third-order valence-corrected chi connectivity index (χ3v) is 6.91. The second kappa shape index (κ2) is 11.1. The molecule has 3 aliphatic rings. The van der Waals surface area contributed by atoms with Gasteiger partial charge >= 0.3 is 0 Å². The number of pyridine rings is 1. The average molecular weight is 476 g/mol. The van der Waals surface area contributed by atoms with Crippen LogP contribution in [0.1, 0.15) is 37.4 Å². The summed E-state index contributed by atoms with van der Waals surface area (Å²) in [6.45, 7) is 2.36. The maximum atomic E-state index is 11.1. The van der Waals surface area contributed by atoms with Crippen LogP contribution in [-0.4, -0.2) is 53.8 Å². The highest BCUT2D eigenvalue weighted by atomic mass is 16.5. The fraction of sp³-hybridized carbons (Fsp3) is 0.393. The summed E-state index contributed by atoms with van der Waals surface area (Å²) >= 11 is 0. The van der Waals surface area contributed by atoms with Gasteiger partial charge in [0.2, 0.25) is 0 Å². The standard InChI is InChI=1S/C28H33N3O4/c1-33-22-7-8-25-24(16-22)23(9-11-29-25)27(32)18-31-12-10-21(17-31)30-26(28-19-34-13-14-35-28)15-20-5-3-2-4-6-20/h2-3,5,7-9,11,13-14,16,19,21,26-27,30,32H,4,6,10,12,15,17-18H2,1H3. The quantitative estimate of drug-likeness (QED) is 0.559. The lowest BCUT2D eigenvalue weighted by molar-refractivity contribution is 0.125. The molecule has 0 amide bonds. The number of aromatic nitrogens is 1. The zero-order valence-corrected chi connectivity index (χ0v) is 20.1. The number of aliphatic hydroxyl groups excluding tert-OH is 1. The van der Waals surface area contributed by atoms with Crippen LogP contribution >= 0.6 is 0 Å². The maximum absolute atomic E-state index is 11.1. The van der Waals surface area contributed by atoms with E-state index in [1.165, 1.54) is 5.57 Å². The molecule has 7 nitrogen and oxygen atoms in total. The molecule has 2 aliphatic heterocycles. The van der Waals surface area contributed by atoms with Crippen molar-refractivity contribution in [3.63, 3.8) is 0 Å². The molecule has 7 heteroatoms. The van der Waals surface area contributed by atoms with Crippen molar-refractivity contribution >= 4 is 10.9 Å². The number of ether oxygens (including phenoxy) is 3. The van der Waals surface area contributed by atoms with Crippen LogP contribution in [0.5, 0.6) is 5.75 Å². The first-order valence-electron chi connectivity index (χ1n) is 12.3. The van der Waals surface area contributed by atoms with Crippen LogP contribution in [0.3, 0.4) is 0 Å². The molecule has 1 fully saturated rings. The molecule has 3 atom stereocenters. The van der Waals surface area contributed by atoms with Crippen LogP contribution in [0.2, 0.25) is 0 Å². The van der Waals surface area contributed by atoms with Crippen molar-refractivity contribution in [2.24, 2.45) is 0 Å². The van der Waals surface area contributed by atoms with E-state index in [0.29, 0.717) is 12.6 Å². The molecule has 0 radical (unpaired) electrons. The Morgan fingerprint density at radius 1 is 1.29 bits per heavy atom. The largest absolute Gasteiger partial charge is 0.497 e. The number of benzene rings is 1. The molecule has 3 unspecified atom stereocenters. The van der Waals surface area contributed by atoms with Crippen molar-refractivity contribution in [2.45, 2.75) is 43.9 Å². The molecule has 1 aromatic heterocycles. The van der Waals surface area contributed by atoms with E-state index in [2.05, 4.69) is 33.4 Å². The molecular formula is C28H33N3O4. The van der Waals surface area contributed by atoms with Crippen LogP contribution in [0.4, 0.5) is 0 Å². The van der Waals surface area contributed by atoms with Crippen LogP contribution < -0.4 is 10.1 Å². The van der Waals surface area contributed by atoms with Gasteiger partial charge in [0, 0.05) is 30.7 Å². The second-order valence-electron chi connectivity index (χ2n) is 9.31. The highest BCUT2D eigenvalue weighted by molar-refractivity contribution is 5.83. The summed E-state index contributed by atoms with van der Waals surface area (Å²) in [5.74, 6) is 1.57. The molecule has 1 aromatic carbocycles. The fourth-order valence-corrected chi connectivity index (χ4v) is 5.09. The number of likely N-dealkylation sites (tertiary alicyclic amines) is 1. The molecule has 1 aliphatic carbocycles. The van der Waals surface area contributed by atoms with E-state index < -0.39 is 6.10 Å². The van der Waals surface area contributed by atoms with E-state index in [0.717, 1.165) is 66.7 Å². The number of nitrogens with one attached hydrogen (secondary N) is 1. The second-order valence-corrected chi connectivity index (χ2v) is 9.31. The Hall–Kier alpha value is -3.13. The highest BCUT2D eigenvalue weighted by Crippen LogP contribution is 2.28. The third kappa shape index (κ3) is 5.75. The Morgan fingerprint density at radius 3 is 3.03 bits per heavy atom. The van der Waals surface area contributed by atoms with Gasteiger partial charge < -0.3 is 24.6 Å². The maximum Gasteiger partial charge on any atom is 0.155 e. The lowest BCUT2D eigenvalue weighted by Crippen LogP contribution is -2.42. The lowest BCUT2D eigenvalue weighted by atomic mass is 9.96. The molecule has 1 saturated heterocycles. The van der Waals surface area contributed by atoms with Gasteiger partial charge in [0.05, 0.1) is 24.8 Å². The highest BCUT2D eigenvalue weighted by Gasteiger charge is 2.29. The first kappa shape index (κ1) is 23.6. The molecule has 0 bridgehead atoms. The van der Waals surface area contributed by atoms with Crippen molar-refractivity contribution in [1.82, 2.24) is 15.2 Å². The van der Waals surface area contributed by atoms with E-state index in [4.69, 9.17) is 14.2 Å². The Balaban J connectivity index is 1.23. The van der Waals surface area contributed by atoms with Crippen molar-refractivity contribution in [2.75, 3.05) is 26.7 Å². The third-order valence-electron chi connectivity index (χ3n) is 6.91. The van der Waals surface area contributed by atoms with Crippen LogP contribution in [0, 0.1) is 0 Å². The SMILES string of the molecule is COc1ccc2nccc(C(O)CN3CCC(NC(CC4=CC=CCC4)C4=COC=CO4)C3)c2c1. The topological polar surface area (TPSA) is 76.1 Å². The first-order chi connectivity index (χ1) is 17.2. The van der Waals surface area contributed by atoms with Gasteiger partial charge in [0.15, 0.2) is 5.76 Å². The predicted octanol–water partition coefficient (Wildman–Crippen LogP) is 4.34. The van der Waals surface area contributed by atoms with Crippen molar-refractivity contribution < 1.29 is 19.3 Å². The molecule has 184 valence electrons. The van der Waals surface area contributed by atoms with E-state index in [-0.39, 0.29) is 6.04 Å². The minimum absolute atomic E-state index is 0.0455. The van der Waals surface area contributed by atoms with E-state index in [9.17, 15) is 5.11 Å². The smallest absolute Gasteiger partial charge is 0.155 e. The molecule has 2 aromatic rings. The van der Waals surface area contributed by atoms with Gasteiger partial charge in [0.1, 0.15) is 24.5 Å². The summed E-state index contributed by atoms with van der Waals surface area (Å²) in [7, 11) is 1.65. The van der Waals surface area contributed by atoms with Gasteiger partial charge in [-0.25, -0.2) is 0 Å². The average Bonchev–Trinajstić information content (AvgIpc) is 3.35. The Labute approximate surface area is 206 Å². The zero-order chi connectivity index (χ0) is 24.0. The van der Waals surface area contributed by atoms with Gasteiger partial charge in [0.25, 0.3) is 0 Å². The minimum Gasteiger partial charge on any atom is -0.497 e. The number of methoxy groups -OCH3 is 1. The summed E-state index contributed by atoms with van der Waals surface area (Å²) in [4.78, 5) is 6.76. The lowest BCUT2D eigenvalue weighted by Gasteiger charge is -2.27. The number of allylic oxidation sites excluding steroid dienone is 3. The van der Waals surface area contributed by atoms with Crippen molar-refractivity contribution in [3.05, 3.63) is 84.4 Å². The minimum atomic E-state index is -0.607. The van der Waals surface area contributed by atoms with Gasteiger partial charge in [-0.3, -0.25) is 9.88 Å². The number of hydrogen-bond donors (Lipinski definition) is 2. The first-order valence-corrected chi connectivity index (χ1v) is 12.3. The summed E-state index contributed by atoms with van der Waals surface area (Å²) in [5.41, 5.74) is 3.15. The van der Waals surface area contributed by atoms with Crippen LogP contribution in [-0.2, 0) is 9.47 Å². The molecule has 35 heavy (non-hydrogen) atoms. The van der Waals surface area contributed by atoms with E-state index in [1.807, 2.05) is 24.3 Å². The van der Waals surface area contributed by atoms with Gasteiger partial charge in [-0.2, -0.15) is 0 Å². The number of rotatable bonds is 9. The molecule has 0 saturated carbocycles. The van der Waals surface area contributed by atoms with Crippen molar-refractivity contribution in [3.8, 4) is 5.75 Å². The molecule has 2 N–H and O–H groups in total. The fourth-order valence-electron chi connectivity index (χ4n) is 5.09. The number of fused-ring (bicyclic) bond motifs is 1. The predicted molar refractivity (Wildman–Crippen MR) is 135 cm³/mol. The number of hydrogen-bond acceptors (Lipinski definition) is 7. The molecular weight excluding hydrogens is 442 g/mol. The Morgan fingerprint density at radius 2 is 2.23 bits per heavy atom. The summed E-state index contributed by atoms with van der Waals surface area (Å²) < 4.78 is 16.6. The van der Waals surface area contributed by atoms with Crippen LogP contribution in [0.15, 0.2) is 78.8 Å². The Bertz CT molecular complexity index is 1160. The summed E-state index contributed by atoms with van der Waals surface area (Å²) in [6, 6.07) is 8.02. The summed E-state index contributed by atoms with van der Waals surface area (Å²) in [6.07, 6.45) is 16.6. The monoisotopic (exact) mass is 475 g/mol. The van der Waals surface area contributed by atoms with Gasteiger partial charge in [-0.05, 0) is 62.1 Å². The van der Waals surface area contributed by atoms with E-state index in [1.54, 1.807) is 32.1 Å². The van der Waals surface area contributed by atoms with Gasteiger partial charge in [-0.1, -0.05) is 23.8 Å².